The van der Waals surface area contributed by atoms with Gasteiger partial charge in [-0.1, -0.05) is 0 Å². The lowest BCUT2D eigenvalue weighted by Gasteiger charge is -1.93. The van der Waals surface area contributed by atoms with Gasteiger partial charge < -0.3 is 0 Å². The van der Waals surface area contributed by atoms with Gasteiger partial charge in [0, 0.05) is 5.38 Å². The van der Waals surface area contributed by atoms with Crippen LogP contribution in [0.25, 0.3) is 0 Å². The lowest BCUT2D eigenvalue weighted by atomic mass is 10.2. The first-order valence-electron chi connectivity index (χ1n) is 3.64. The van der Waals surface area contributed by atoms with E-state index in [0.717, 1.165) is 10.7 Å². The first-order valence-corrected chi connectivity index (χ1v) is 5.91. The number of carbonyl (C=O) groups is 1. The molecular formula is C8H11NOS2. The average Bonchev–Trinajstić information content (AvgIpc) is 2.36. The SMILES string of the molecule is CSCC(=O)Cc1csc(C)n1. The normalized spacial score (nSPS) is 10.2. The highest BCUT2D eigenvalue weighted by atomic mass is 32.2. The maximum atomic E-state index is 11.2. The van der Waals surface area contributed by atoms with Crippen LogP contribution in [0.15, 0.2) is 5.38 Å². The third-order valence-corrected chi connectivity index (χ3v) is 2.78. The molecule has 4 heteroatoms. The Balaban J connectivity index is 2.46. The Labute approximate surface area is 80.4 Å². The molecule has 0 aliphatic carbocycles. The van der Waals surface area contributed by atoms with Crippen LogP contribution in [0.4, 0.5) is 0 Å². The second-order valence-corrected chi connectivity index (χ2v) is 4.43. The van der Waals surface area contributed by atoms with Crippen LogP contribution in [0.3, 0.4) is 0 Å². The van der Waals surface area contributed by atoms with Gasteiger partial charge in [0.25, 0.3) is 0 Å². The molecule has 0 fully saturated rings. The number of hydrogen-bond donors (Lipinski definition) is 0. The lowest BCUT2D eigenvalue weighted by molar-refractivity contribution is -0.116. The van der Waals surface area contributed by atoms with Crippen LogP contribution in [-0.4, -0.2) is 22.8 Å². The first kappa shape index (κ1) is 9.74. The second kappa shape index (κ2) is 4.62. The number of nitrogens with zero attached hydrogens (tertiary/aromatic N) is 1. The third-order valence-electron chi connectivity index (χ3n) is 1.35. The van der Waals surface area contributed by atoms with Gasteiger partial charge in [-0.2, -0.15) is 11.8 Å². The maximum absolute atomic E-state index is 11.2. The summed E-state index contributed by atoms with van der Waals surface area (Å²) < 4.78 is 0. The molecule has 0 atom stereocenters. The van der Waals surface area contributed by atoms with Gasteiger partial charge in [0.05, 0.1) is 22.9 Å². The molecule has 0 bridgehead atoms. The highest BCUT2D eigenvalue weighted by molar-refractivity contribution is 7.99. The molecule has 0 spiro atoms. The van der Waals surface area contributed by atoms with E-state index in [-0.39, 0.29) is 5.78 Å². The van der Waals surface area contributed by atoms with E-state index in [2.05, 4.69) is 4.98 Å². The van der Waals surface area contributed by atoms with Crippen molar-refractivity contribution in [3.63, 3.8) is 0 Å². The van der Waals surface area contributed by atoms with E-state index in [1.165, 1.54) is 0 Å². The molecule has 1 heterocycles. The van der Waals surface area contributed by atoms with Gasteiger partial charge in [0.1, 0.15) is 5.78 Å². The number of ketones is 1. The average molecular weight is 201 g/mol. The van der Waals surface area contributed by atoms with E-state index in [0.29, 0.717) is 12.2 Å². The zero-order valence-corrected chi connectivity index (χ0v) is 8.80. The molecule has 0 saturated carbocycles. The number of aryl methyl sites for hydroxylation is 1. The van der Waals surface area contributed by atoms with Crippen LogP contribution < -0.4 is 0 Å². The fourth-order valence-corrected chi connectivity index (χ4v) is 1.94. The van der Waals surface area contributed by atoms with Crippen molar-refractivity contribution in [1.29, 1.82) is 0 Å². The molecule has 0 N–H and O–H groups in total. The molecule has 66 valence electrons. The van der Waals surface area contributed by atoms with Crippen molar-refractivity contribution in [1.82, 2.24) is 4.98 Å². The fourth-order valence-electron chi connectivity index (χ4n) is 0.903. The molecule has 1 rings (SSSR count). The summed E-state index contributed by atoms with van der Waals surface area (Å²) in [5, 5.41) is 2.98. The minimum atomic E-state index is 0.257. The summed E-state index contributed by atoms with van der Waals surface area (Å²) in [5.41, 5.74) is 0.913. The van der Waals surface area contributed by atoms with E-state index in [1.807, 2.05) is 18.6 Å². The van der Waals surface area contributed by atoms with Crippen molar-refractivity contribution in [2.45, 2.75) is 13.3 Å². The molecule has 1 aromatic heterocycles. The van der Waals surface area contributed by atoms with Crippen LogP contribution in [0, 0.1) is 6.92 Å². The standard InChI is InChI=1S/C8H11NOS2/c1-6-9-7(4-12-6)3-8(10)5-11-2/h4H,3,5H2,1-2H3. The van der Waals surface area contributed by atoms with Gasteiger partial charge in [-0.25, -0.2) is 4.98 Å². The summed E-state index contributed by atoms with van der Waals surface area (Å²) in [4.78, 5) is 15.4. The van der Waals surface area contributed by atoms with Crippen molar-refractivity contribution in [3.05, 3.63) is 16.1 Å². The van der Waals surface area contributed by atoms with Gasteiger partial charge >= 0.3 is 0 Å². The van der Waals surface area contributed by atoms with E-state index in [9.17, 15) is 4.79 Å². The Hall–Kier alpha value is -0.350. The number of rotatable bonds is 4. The van der Waals surface area contributed by atoms with Crippen LogP contribution in [0.5, 0.6) is 0 Å². The number of hydrogen-bond acceptors (Lipinski definition) is 4. The molecular weight excluding hydrogens is 190 g/mol. The lowest BCUT2D eigenvalue weighted by Crippen LogP contribution is -2.05. The zero-order valence-electron chi connectivity index (χ0n) is 7.16. The van der Waals surface area contributed by atoms with E-state index < -0.39 is 0 Å². The molecule has 0 aliphatic heterocycles. The van der Waals surface area contributed by atoms with Crippen LogP contribution in [0.2, 0.25) is 0 Å². The van der Waals surface area contributed by atoms with Gasteiger partial charge in [-0.3, -0.25) is 4.79 Å². The molecule has 0 aliphatic rings. The van der Waals surface area contributed by atoms with Crippen molar-refractivity contribution >= 4 is 28.9 Å². The quantitative estimate of drug-likeness (QED) is 0.745. The van der Waals surface area contributed by atoms with Crippen molar-refractivity contribution < 1.29 is 4.79 Å². The summed E-state index contributed by atoms with van der Waals surface area (Å²) in [7, 11) is 0. The number of thioether (sulfide) groups is 1. The highest BCUT2D eigenvalue weighted by Crippen LogP contribution is 2.09. The summed E-state index contributed by atoms with van der Waals surface area (Å²) in [6, 6.07) is 0. The predicted molar refractivity (Wildman–Crippen MR) is 53.9 cm³/mol. The van der Waals surface area contributed by atoms with E-state index >= 15 is 0 Å². The molecule has 0 unspecified atom stereocenters. The predicted octanol–water partition coefficient (Wildman–Crippen LogP) is 1.93. The molecule has 0 aromatic carbocycles. The van der Waals surface area contributed by atoms with Crippen molar-refractivity contribution in [2.24, 2.45) is 0 Å². The monoisotopic (exact) mass is 201 g/mol. The molecule has 2 nitrogen and oxygen atoms in total. The Morgan fingerprint density at radius 2 is 2.50 bits per heavy atom. The van der Waals surface area contributed by atoms with Gasteiger partial charge in [0.2, 0.25) is 0 Å². The van der Waals surface area contributed by atoms with Crippen LogP contribution in [0.1, 0.15) is 10.7 Å². The topological polar surface area (TPSA) is 30.0 Å². The molecule has 0 saturated heterocycles. The van der Waals surface area contributed by atoms with E-state index in [4.69, 9.17) is 0 Å². The maximum Gasteiger partial charge on any atom is 0.148 e. The summed E-state index contributed by atoms with van der Waals surface area (Å²) in [6.07, 6.45) is 2.43. The molecule has 12 heavy (non-hydrogen) atoms. The Morgan fingerprint density at radius 3 is 3.00 bits per heavy atom. The second-order valence-electron chi connectivity index (χ2n) is 2.51. The van der Waals surface area contributed by atoms with Crippen LogP contribution in [-0.2, 0) is 11.2 Å². The summed E-state index contributed by atoms with van der Waals surface area (Å²) >= 11 is 3.16. The molecule has 0 radical (unpaired) electrons. The van der Waals surface area contributed by atoms with Crippen molar-refractivity contribution in [2.75, 3.05) is 12.0 Å². The molecule has 0 amide bonds. The summed E-state index contributed by atoms with van der Waals surface area (Å²) in [5.74, 6) is 0.851. The Morgan fingerprint density at radius 1 is 1.75 bits per heavy atom. The van der Waals surface area contributed by atoms with Gasteiger partial charge in [-0.15, -0.1) is 11.3 Å². The number of aromatic nitrogens is 1. The first-order chi connectivity index (χ1) is 5.72. The highest BCUT2D eigenvalue weighted by Gasteiger charge is 2.04. The Bertz CT molecular complexity index is 270. The number of Topliss-reactive ketones (excluding diaryl/α,β-unsaturated/α-hetero) is 1. The number of carbonyl (C=O) groups excluding carboxylic acids is 1. The smallest absolute Gasteiger partial charge is 0.148 e. The van der Waals surface area contributed by atoms with Gasteiger partial charge in [0.15, 0.2) is 0 Å². The fraction of sp³-hybridized carbons (Fsp3) is 0.500. The van der Waals surface area contributed by atoms with Gasteiger partial charge in [-0.05, 0) is 13.2 Å². The summed E-state index contributed by atoms with van der Waals surface area (Å²) in [6.45, 7) is 1.95. The number of thiazole rings is 1. The van der Waals surface area contributed by atoms with Crippen LogP contribution >= 0.6 is 23.1 Å². The Kier molecular flexibility index (Phi) is 3.75. The van der Waals surface area contributed by atoms with Crippen molar-refractivity contribution in [3.8, 4) is 0 Å². The molecule has 1 aromatic rings. The zero-order chi connectivity index (χ0) is 8.97. The largest absolute Gasteiger partial charge is 0.298 e. The van der Waals surface area contributed by atoms with E-state index in [1.54, 1.807) is 23.1 Å². The minimum Gasteiger partial charge on any atom is -0.298 e. The third kappa shape index (κ3) is 2.95. The minimum absolute atomic E-state index is 0.257.